The van der Waals surface area contributed by atoms with Crippen LogP contribution in [-0.2, 0) is 19.6 Å². The molecule has 18 heavy (non-hydrogen) atoms. The lowest BCUT2D eigenvalue weighted by molar-refractivity contribution is -0.141. The van der Waals surface area contributed by atoms with E-state index in [9.17, 15) is 13.2 Å². The largest absolute Gasteiger partial charge is 0.481 e. The molecule has 1 fully saturated rings. The number of carboxylic acids is 1. The number of hydrogen-bond donors (Lipinski definition) is 2. The Balaban J connectivity index is 2.18. The fourth-order valence-corrected chi connectivity index (χ4v) is 3.16. The summed E-state index contributed by atoms with van der Waals surface area (Å²) in [6, 6.07) is 0. The maximum atomic E-state index is 11.7. The molecule has 2 atom stereocenters. The summed E-state index contributed by atoms with van der Waals surface area (Å²) < 4.78 is 31.1. The molecule has 2 unspecified atom stereocenters. The van der Waals surface area contributed by atoms with Crippen molar-refractivity contribution in [2.45, 2.75) is 38.7 Å². The minimum atomic E-state index is -3.31. The number of ether oxygens (including phenoxy) is 1. The summed E-state index contributed by atoms with van der Waals surface area (Å²) in [5.41, 5.74) is 0. The van der Waals surface area contributed by atoms with Crippen molar-refractivity contribution in [3.63, 3.8) is 0 Å². The van der Waals surface area contributed by atoms with Gasteiger partial charge in [-0.15, -0.1) is 0 Å². The van der Waals surface area contributed by atoms with Crippen molar-refractivity contribution in [2.75, 3.05) is 18.9 Å². The number of rotatable bonds is 8. The second-order valence-corrected chi connectivity index (χ2v) is 6.54. The molecule has 0 aromatic rings. The van der Waals surface area contributed by atoms with Gasteiger partial charge in [0.15, 0.2) is 0 Å². The van der Waals surface area contributed by atoms with E-state index in [0.717, 1.165) is 12.8 Å². The van der Waals surface area contributed by atoms with Crippen LogP contribution in [0.25, 0.3) is 0 Å². The Labute approximate surface area is 108 Å². The molecule has 1 heterocycles. The van der Waals surface area contributed by atoms with Crippen LogP contribution in [0.1, 0.15) is 32.6 Å². The van der Waals surface area contributed by atoms with Crippen molar-refractivity contribution in [1.29, 1.82) is 0 Å². The third-order valence-electron chi connectivity index (χ3n) is 2.99. The van der Waals surface area contributed by atoms with E-state index in [2.05, 4.69) is 4.72 Å². The monoisotopic (exact) mass is 279 g/mol. The van der Waals surface area contributed by atoms with Crippen molar-refractivity contribution in [3.05, 3.63) is 0 Å². The number of aliphatic carboxylic acids is 1. The Morgan fingerprint density at radius 3 is 2.83 bits per heavy atom. The molecule has 106 valence electrons. The zero-order chi connectivity index (χ0) is 13.6. The second kappa shape index (κ2) is 7.06. The second-order valence-electron chi connectivity index (χ2n) is 4.69. The van der Waals surface area contributed by atoms with E-state index in [4.69, 9.17) is 9.84 Å². The van der Waals surface area contributed by atoms with Gasteiger partial charge in [-0.05, 0) is 25.7 Å². The van der Waals surface area contributed by atoms with Crippen LogP contribution in [0.4, 0.5) is 0 Å². The Bertz CT molecular complexity index is 362. The molecule has 0 radical (unpaired) electrons. The van der Waals surface area contributed by atoms with E-state index < -0.39 is 21.9 Å². The van der Waals surface area contributed by atoms with Gasteiger partial charge in [0.2, 0.25) is 10.0 Å². The highest BCUT2D eigenvalue weighted by atomic mass is 32.2. The van der Waals surface area contributed by atoms with Crippen molar-refractivity contribution >= 4 is 16.0 Å². The van der Waals surface area contributed by atoms with Crippen molar-refractivity contribution in [3.8, 4) is 0 Å². The normalized spacial score (nSPS) is 21.9. The first-order valence-corrected chi connectivity index (χ1v) is 7.87. The smallest absolute Gasteiger partial charge is 0.306 e. The third-order valence-corrected chi connectivity index (χ3v) is 4.44. The Hall–Kier alpha value is -0.660. The molecule has 0 aliphatic carbocycles. The Morgan fingerprint density at radius 1 is 1.56 bits per heavy atom. The van der Waals surface area contributed by atoms with Crippen molar-refractivity contribution in [2.24, 2.45) is 5.92 Å². The van der Waals surface area contributed by atoms with Gasteiger partial charge in [0.25, 0.3) is 0 Å². The van der Waals surface area contributed by atoms with Gasteiger partial charge in [0, 0.05) is 13.2 Å². The molecule has 0 aromatic heterocycles. The molecule has 6 nitrogen and oxygen atoms in total. The highest BCUT2D eigenvalue weighted by Crippen LogP contribution is 2.13. The topological polar surface area (TPSA) is 92.7 Å². The van der Waals surface area contributed by atoms with Crippen LogP contribution in [0.3, 0.4) is 0 Å². The lowest BCUT2D eigenvalue weighted by Crippen LogP contribution is -2.32. The van der Waals surface area contributed by atoms with Gasteiger partial charge in [0.05, 0.1) is 17.8 Å². The lowest BCUT2D eigenvalue weighted by Gasteiger charge is -2.11. The number of hydrogen-bond acceptors (Lipinski definition) is 4. The van der Waals surface area contributed by atoms with Gasteiger partial charge in [-0.1, -0.05) is 6.92 Å². The van der Waals surface area contributed by atoms with Gasteiger partial charge < -0.3 is 9.84 Å². The molecular weight excluding hydrogens is 258 g/mol. The summed E-state index contributed by atoms with van der Waals surface area (Å²) in [5, 5.41) is 8.68. The summed E-state index contributed by atoms with van der Waals surface area (Å²) in [6.45, 7) is 2.53. The summed E-state index contributed by atoms with van der Waals surface area (Å²) in [7, 11) is -3.31. The van der Waals surface area contributed by atoms with Crippen LogP contribution in [0, 0.1) is 5.92 Å². The standard InChI is InChI=1S/C11H21NO5S/c1-9(11(13)14)4-2-6-12-18(15,16)8-10-5-3-7-17-10/h9-10,12H,2-8H2,1H3,(H,13,14). The Morgan fingerprint density at radius 2 is 2.28 bits per heavy atom. The van der Waals surface area contributed by atoms with Crippen molar-refractivity contribution < 1.29 is 23.1 Å². The third kappa shape index (κ3) is 5.79. The number of nitrogens with one attached hydrogen (secondary N) is 1. The Kier molecular flexibility index (Phi) is 6.04. The van der Waals surface area contributed by atoms with E-state index in [1.54, 1.807) is 6.92 Å². The minimum absolute atomic E-state index is 0.00147. The highest BCUT2D eigenvalue weighted by molar-refractivity contribution is 7.89. The first kappa shape index (κ1) is 15.4. The van der Waals surface area contributed by atoms with Gasteiger partial charge in [-0.2, -0.15) is 0 Å². The molecule has 0 amide bonds. The summed E-state index contributed by atoms with van der Waals surface area (Å²) >= 11 is 0. The van der Waals surface area contributed by atoms with Crippen LogP contribution in [0.2, 0.25) is 0 Å². The quantitative estimate of drug-likeness (QED) is 0.634. The molecule has 1 rings (SSSR count). The maximum Gasteiger partial charge on any atom is 0.306 e. The van der Waals surface area contributed by atoms with E-state index in [1.807, 2.05) is 0 Å². The SMILES string of the molecule is CC(CCCNS(=O)(=O)CC1CCCO1)C(=O)O. The first-order valence-electron chi connectivity index (χ1n) is 6.22. The molecule has 0 bridgehead atoms. The zero-order valence-electron chi connectivity index (χ0n) is 10.6. The van der Waals surface area contributed by atoms with E-state index in [-0.39, 0.29) is 18.4 Å². The number of carboxylic acid groups (broad SMARTS) is 1. The predicted octanol–water partition coefficient (Wildman–Crippen LogP) is 0.586. The first-order chi connectivity index (χ1) is 8.41. The molecule has 1 aliphatic heterocycles. The molecule has 0 saturated carbocycles. The maximum absolute atomic E-state index is 11.7. The minimum Gasteiger partial charge on any atom is -0.481 e. The van der Waals surface area contributed by atoms with Crippen LogP contribution < -0.4 is 4.72 Å². The molecular formula is C11H21NO5S. The van der Waals surface area contributed by atoms with Crippen LogP contribution in [0.5, 0.6) is 0 Å². The van der Waals surface area contributed by atoms with Crippen LogP contribution in [0.15, 0.2) is 0 Å². The average molecular weight is 279 g/mol. The zero-order valence-corrected chi connectivity index (χ0v) is 11.4. The van der Waals surface area contributed by atoms with Crippen LogP contribution >= 0.6 is 0 Å². The van der Waals surface area contributed by atoms with E-state index in [0.29, 0.717) is 19.4 Å². The van der Waals surface area contributed by atoms with Gasteiger partial charge >= 0.3 is 5.97 Å². The summed E-state index contributed by atoms with van der Waals surface area (Å²) in [4.78, 5) is 10.6. The fourth-order valence-electron chi connectivity index (χ4n) is 1.84. The van der Waals surface area contributed by atoms with Gasteiger partial charge in [-0.3, -0.25) is 4.79 Å². The molecule has 0 aromatic carbocycles. The summed E-state index contributed by atoms with van der Waals surface area (Å²) in [6.07, 6.45) is 2.50. The van der Waals surface area contributed by atoms with Gasteiger partial charge in [-0.25, -0.2) is 13.1 Å². The van der Waals surface area contributed by atoms with Crippen LogP contribution in [-0.4, -0.2) is 44.5 Å². The fraction of sp³-hybridized carbons (Fsp3) is 0.909. The van der Waals surface area contributed by atoms with Gasteiger partial charge in [0.1, 0.15) is 0 Å². The molecule has 1 aliphatic rings. The average Bonchev–Trinajstić information content (AvgIpc) is 2.75. The molecule has 7 heteroatoms. The van der Waals surface area contributed by atoms with Crippen molar-refractivity contribution in [1.82, 2.24) is 4.72 Å². The lowest BCUT2D eigenvalue weighted by atomic mass is 10.1. The number of sulfonamides is 1. The highest BCUT2D eigenvalue weighted by Gasteiger charge is 2.22. The molecule has 1 saturated heterocycles. The predicted molar refractivity (Wildman–Crippen MR) is 66.8 cm³/mol. The molecule has 0 spiro atoms. The number of carbonyl (C=O) groups is 1. The summed E-state index contributed by atoms with van der Waals surface area (Å²) in [5.74, 6) is -1.29. The van der Waals surface area contributed by atoms with E-state index in [1.165, 1.54) is 0 Å². The molecule has 2 N–H and O–H groups in total. The van der Waals surface area contributed by atoms with E-state index >= 15 is 0 Å².